The van der Waals surface area contributed by atoms with E-state index >= 15 is 0 Å². The van der Waals surface area contributed by atoms with E-state index in [-0.39, 0.29) is 11.6 Å². The third kappa shape index (κ3) is 2.87. The van der Waals surface area contributed by atoms with Crippen LogP contribution < -0.4 is 0 Å². The summed E-state index contributed by atoms with van der Waals surface area (Å²) in [5.41, 5.74) is -0.180. The summed E-state index contributed by atoms with van der Waals surface area (Å²) >= 11 is 5.70. The minimum absolute atomic E-state index is 0.131. The first-order chi connectivity index (χ1) is 7.06. The summed E-state index contributed by atoms with van der Waals surface area (Å²) in [7, 11) is 0. The molecule has 0 bridgehead atoms. The normalized spacial score (nSPS) is 10.3. The molecule has 0 saturated heterocycles. The van der Waals surface area contributed by atoms with Crippen molar-refractivity contribution >= 4 is 17.3 Å². The molecule has 1 rings (SSSR count). The molecule has 0 radical (unpaired) electrons. The van der Waals surface area contributed by atoms with Gasteiger partial charge in [0.1, 0.15) is 0 Å². The standard InChI is InChI=1S/C9H9ClFNO3/c1-2-15-5-6-3-9(12(13)14)8(11)4-7(6)10/h3-4H,2,5H2,1H3. The van der Waals surface area contributed by atoms with Gasteiger partial charge in [-0.1, -0.05) is 11.6 Å². The summed E-state index contributed by atoms with van der Waals surface area (Å²) in [6, 6.07) is 2.02. The second-order valence-electron chi connectivity index (χ2n) is 2.79. The lowest BCUT2D eigenvalue weighted by Crippen LogP contribution is -1.98. The number of ether oxygens (including phenoxy) is 1. The first-order valence-corrected chi connectivity index (χ1v) is 4.64. The number of hydrogen-bond donors (Lipinski definition) is 0. The van der Waals surface area contributed by atoms with Crippen LogP contribution in [-0.4, -0.2) is 11.5 Å². The molecule has 6 heteroatoms. The number of halogens is 2. The lowest BCUT2D eigenvalue weighted by molar-refractivity contribution is -0.387. The first kappa shape index (κ1) is 11.9. The van der Waals surface area contributed by atoms with Crippen LogP contribution >= 0.6 is 11.6 Å². The molecular formula is C9H9ClFNO3. The topological polar surface area (TPSA) is 52.4 Å². The molecule has 82 valence electrons. The minimum Gasteiger partial charge on any atom is -0.377 e. The molecule has 0 heterocycles. The Labute approximate surface area is 90.8 Å². The Bertz CT molecular complexity index is 384. The summed E-state index contributed by atoms with van der Waals surface area (Å²) < 4.78 is 18.1. The second kappa shape index (κ2) is 5.04. The molecule has 15 heavy (non-hydrogen) atoms. The smallest absolute Gasteiger partial charge is 0.305 e. The third-order valence-corrected chi connectivity index (χ3v) is 2.13. The predicted octanol–water partition coefficient (Wildman–Crippen LogP) is 2.92. The number of rotatable bonds is 4. The van der Waals surface area contributed by atoms with E-state index in [9.17, 15) is 14.5 Å². The van der Waals surface area contributed by atoms with Crippen molar-refractivity contribution < 1.29 is 14.1 Å². The van der Waals surface area contributed by atoms with E-state index in [2.05, 4.69) is 0 Å². The fourth-order valence-corrected chi connectivity index (χ4v) is 1.25. The maximum Gasteiger partial charge on any atom is 0.305 e. The van der Waals surface area contributed by atoms with Crippen LogP contribution in [0.2, 0.25) is 5.02 Å². The van der Waals surface area contributed by atoms with E-state index in [1.807, 2.05) is 0 Å². The maximum absolute atomic E-state index is 13.0. The van der Waals surface area contributed by atoms with E-state index in [4.69, 9.17) is 16.3 Å². The van der Waals surface area contributed by atoms with Crippen molar-refractivity contribution in [2.24, 2.45) is 0 Å². The van der Waals surface area contributed by atoms with E-state index in [0.717, 1.165) is 12.1 Å². The van der Waals surface area contributed by atoms with E-state index < -0.39 is 16.4 Å². The Morgan fingerprint density at radius 2 is 2.27 bits per heavy atom. The van der Waals surface area contributed by atoms with Gasteiger partial charge in [0.15, 0.2) is 0 Å². The van der Waals surface area contributed by atoms with Gasteiger partial charge < -0.3 is 4.74 Å². The van der Waals surface area contributed by atoms with Crippen LogP contribution in [0.1, 0.15) is 12.5 Å². The van der Waals surface area contributed by atoms with Crippen LogP contribution in [0.25, 0.3) is 0 Å². The van der Waals surface area contributed by atoms with Crippen LogP contribution in [0, 0.1) is 15.9 Å². The maximum atomic E-state index is 13.0. The summed E-state index contributed by atoms with van der Waals surface area (Å²) in [5, 5.41) is 10.6. The van der Waals surface area contributed by atoms with E-state index in [1.54, 1.807) is 6.92 Å². The van der Waals surface area contributed by atoms with Crippen molar-refractivity contribution in [2.75, 3.05) is 6.61 Å². The third-order valence-electron chi connectivity index (χ3n) is 1.77. The van der Waals surface area contributed by atoms with Crippen molar-refractivity contribution in [1.29, 1.82) is 0 Å². The predicted molar refractivity (Wildman–Crippen MR) is 53.4 cm³/mol. The Kier molecular flexibility index (Phi) is 3.99. The number of nitro benzene ring substituents is 1. The van der Waals surface area contributed by atoms with Gasteiger partial charge >= 0.3 is 5.69 Å². The molecule has 1 aromatic carbocycles. The average Bonchev–Trinajstić information content (AvgIpc) is 2.16. The Balaban J connectivity index is 3.06. The van der Waals surface area contributed by atoms with Crippen LogP contribution in [0.15, 0.2) is 12.1 Å². The van der Waals surface area contributed by atoms with Crippen molar-refractivity contribution in [3.63, 3.8) is 0 Å². The van der Waals surface area contributed by atoms with Crippen molar-refractivity contribution in [1.82, 2.24) is 0 Å². The number of benzene rings is 1. The molecule has 0 fully saturated rings. The highest BCUT2D eigenvalue weighted by molar-refractivity contribution is 6.31. The average molecular weight is 234 g/mol. The van der Waals surface area contributed by atoms with E-state index in [0.29, 0.717) is 12.2 Å². The Hall–Kier alpha value is -1.20. The first-order valence-electron chi connectivity index (χ1n) is 4.26. The highest BCUT2D eigenvalue weighted by Crippen LogP contribution is 2.26. The lowest BCUT2D eigenvalue weighted by atomic mass is 10.2. The number of nitrogens with zero attached hydrogens (tertiary/aromatic N) is 1. The molecule has 0 spiro atoms. The van der Waals surface area contributed by atoms with Crippen LogP contribution in [0.4, 0.5) is 10.1 Å². The molecule has 1 aromatic rings. The van der Waals surface area contributed by atoms with Gasteiger partial charge in [-0.3, -0.25) is 10.1 Å². The van der Waals surface area contributed by atoms with Gasteiger partial charge in [-0.25, -0.2) is 0 Å². The van der Waals surface area contributed by atoms with Gasteiger partial charge in [0.05, 0.1) is 11.5 Å². The Morgan fingerprint density at radius 3 is 2.80 bits per heavy atom. The molecule has 0 aliphatic carbocycles. The highest BCUT2D eigenvalue weighted by atomic mass is 35.5. The summed E-state index contributed by atoms with van der Waals surface area (Å²) in [6.45, 7) is 2.38. The van der Waals surface area contributed by atoms with Gasteiger partial charge in [-0.05, 0) is 13.0 Å². The molecule has 0 aliphatic heterocycles. The molecule has 0 unspecified atom stereocenters. The zero-order valence-electron chi connectivity index (χ0n) is 8.00. The van der Waals surface area contributed by atoms with Gasteiger partial charge in [-0.15, -0.1) is 0 Å². The van der Waals surface area contributed by atoms with E-state index in [1.165, 1.54) is 0 Å². The zero-order chi connectivity index (χ0) is 11.4. The number of hydrogen-bond acceptors (Lipinski definition) is 3. The monoisotopic (exact) mass is 233 g/mol. The van der Waals surface area contributed by atoms with Crippen molar-refractivity contribution in [2.45, 2.75) is 13.5 Å². The van der Waals surface area contributed by atoms with Crippen molar-refractivity contribution in [3.8, 4) is 0 Å². The number of nitro groups is 1. The molecule has 4 nitrogen and oxygen atoms in total. The molecule has 0 aliphatic rings. The molecule has 0 aromatic heterocycles. The van der Waals surface area contributed by atoms with Gasteiger partial charge in [-0.2, -0.15) is 4.39 Å². The summed E-state index contributed by atoms with van der Waals surface area (Å²) in [6.07, 6.45) is 0. The van der Waals surface area contributed by atoms with Crippen LogP contribution in [0.3, 0.4) is 0 Å². The quantitative estimate of drug-likeness (QED) is 0.593. The SMILES string of the molecule is CCOCc1cc([N+](=O)[O-])c(F)cc1Cl. The minimum atomic E-state index is -0.940. The van der Waals surface area contributed by atoms with Crippen LogP contribution in [0.5, 0.6) is 0 Å². The molecule has 0 N–H and O–H groups in total. The highest BCUT2D eigenvalue weighted by Gasteiger charge is 2.17. The second-order valence-corrected chi connectivity index (χ2v) is 3.20. The summed E-state index contributed by atoms with van der Waals surface area (Å²) in [5.74, 6) is -0.940. The van der Waals surface area contributed by atoms with Gasteiger partial charge in [0.2, 0.25) is 5.82 Å². The largest absolute Gasteiger partial charge is 0.377 e. The van der Waals surface area contributed by atoms with Crippen molar-refractivity contribution in [3.05, 3.63) is 38.7 Å². The molecule has 0 amide bonds. The van der Waals surface area contributed by atoms with Crippen LogP contribution in [-0.2, 0) is 11.3 Å². The molecule has 0 atom stereocenters. The fraction of sp³-hybridized carbons (Fsp3) is 0.333. The fourth-order valence-electron chi connectivity index (χ4n) is 1.04. The summed E-state index contributed by atoms with van der Waals surface area (Å²) in [4.78, 5) is 9.65. The van der Waals surface area contributed by atoms with Gasteiger partial charge in [0, 0.05) is 23.3 Å². The molecule has 0 saturated carbocycles. The zero-order valence-corrected chi connectivity index (χ0v) is 8.75. The molecular weight excluding hydrogens is 225 g/mol. The Morgan fingerprint density at radius 1 is 1.60 bits per heavy atom. The lowest BCUT2D eigenvalue weighted by Gasteiger charge is -2.04. The van der Waals surface area contributed by atoms with Gasteiger partial charge in [0.25, 0.3) is 0 Å².